The number of amides is 6. The van der Waals surface area contributed by atoms with Crippen LogP contribution in [-0.4, -0.2) is 114 Å². The maximum Gasteiger partial charge on any atom is 0.407 e. The zero-order chi connectivity index (χ0) is 51.5. The molecule has 6 amide bonds. The first kappa shape index (κ1) is 55.9. The van der Waals surface area contributed by atoms with Gasteiger partial charge in [-0.2, -0.15) is 0 Å². The van der Waals surface area contributed by atoms with E-state index in [1.54, 1.807) is 71.0 Å². The van der Waals surface area contributed by atoms with Crippen molar-refractivity contribution in [3.8, 4) is 5.75 Å². The summed E-state index contributed by atoms with van der Waals surface area (Å²) in [6.07, 6.45) is 0.511. The molecule has 0 aliphatic carbocycles. The number of cyclic esters (lactones) is 1. The first-order chi connectivity index (χ1) is 32.2. The molecule has 2 aliphatic rings. The minimum absolute atomic E-state index is 0.0113. The fraction of sp³-hybridized carbons (Fsp3) is 0.580. The minimum atomic E-state index is -1.22. The van der Waals surface area contributed by atoms with Crippen molar-refractivity contribution < 1.29 is 52.9 Å². The Kier molecular flexibility index (Phi) is 19.6. The van der Waals surface area contributed by atoms with E-state index >= 15 is 0 Å². The molecule has 9 atom stereocenters. The largest absolute Gasteiger partial charge is 0.495 e. The van der Waals surface area contributed by atoms with Crippen molar-refractivity contribution in [2.75, 3.05) is 20.2 Å². The zero-order valence-electron chi connectivity index (χ0n) is 41.6. The Labute approximate surface area is 410 Å². The highest BCUT2D eigenvalue weighted by Gasteiger charge is 2.48. The molecule has 380 valence electrons. The molecule has 0 aromatic heterocycles. The van der Waals surface area contributed by atoms with E-state index in [9.17, 15) is 38.7 Å². The number of ether oxygens (including phenoxy) is 3. The highest BCUT2D eigenvalue weighted by Crippen LogP contribution is 2.45. The summed E-state index contributed by atoms with van der Waals surface area (Å²) in [5, 5.41) is 24.1. The Morgan fingerprint density at radius 1 is 0.971 bits per heavy atom. The van der Waals surface area contributed by atoms with Crippen LogP contribution in [0.3, 0.4) is 0 Å². The van der Waals surface area contributed by atoms with Crippen LogP contribution in [0.2, 0.25) is 5.02 Å². The van der Waals surface area contributed by atoms with Crippen LogP contribution in [0, 0.1) is 22.7 Å². The molecule has 1 fully saturated rings. The van der Waals surface area contributed by atoms with Crippen LogP contribution < -0.4 is 37.1 Å². The van der Waals surface area contributed by atoms with Gasteiger partial charge in [-0.1, -0.05) is 89.6 Å². The van der Waals surface area contributed by atoms with E-state index in [-0.39, 0.29) is 50.9 Å². The molecule has 19 heteroatoms. The lowest BCUT2D eigenvalue weighted by molar-refractivity contribution is -0.157. The van der Waals surface area contributed by atoms with Gasteiger partial charge in [-0.15, -0.1) is 0 Å². The number of hydrogen-bond acceptors (Lipinski definition) is 11. The number of carbonyl (C=O) groups excluding carboxylic acids is 6. The highest BCUT2D eigenvalue weighted by atomic mass is 35.5. The SMILES string of the molecule is COc1ccc(C[C@H]2NC(=O)/C=C/C[C@@H]([C@H](C)[C@H]3O[C@@H]3c3ccc(CN(CCNC(=O)[C@H](C)NC(=O)[C@@H](N)C(C)C)C(=O)O)cc3)OC(=O)[C@H](CC(C)(C)C)NC(=O)C(C)(C)[C@H](C)NC2=O)cc1Cl. The van der Waals surface area contributed by atoms with Crippen molar-refractivity contribution >= 4 is 53.2 Å². The van der Waals surface area contributed by atoms with Crippen molar-refractivity contribution in [1.82, 2.24) is 31.5 Å². The molecular formula is C50H72ClN7O11. The summed E-state index contributed by atoms with van der Waals surface area (Å²) in [7, 11) is 1.49. The van der Waals surface area contributed by atoms with Gasteiger partial charge in [0.15, 0.2) is 0 Å². The third kappa shape index (κ3) is 16.2. The molecule has 0 radical (unpaired) electrons. The monoisotopic (exact) mass is 981 g/mol. The van der Waals surface area contributed by atoms with Crippen molar-refractivity contribution in [3.63, 3.8) is 0 Å². The molecule has 2 aromatic carbocycles. The van der Waals surface area contributed by atoms with E-state index in [4.69, 9.17) is 31.5 Å². The van der Waals surface area contributed by atoms with Crippen LogP contribution in [0.1, 0.15) is 105 Å². The molecule has 0 bridgehead atoms. The predicted molar refractivity (Wildman–Crippen MR) is 260 cm³/mol. The predicted octanol–water partition coefficient (Wildman–Crippen LogP) is 4.56. The number of rotatable bonds is 16. The maximum absolute atomic E-state index is 14.2. The summed E-state index contributed by atoms with van der Waals surface area (Å²) in [4.78, 5) is 93.8. The summed E-state index contributed by atoms with van der Waals surface area (Å²) < 4.78 is 17.7. The maximum atomic E-state index is 14.2. The highest BCUT2D eigenvalue weighted by molar-refractivity contribution is 6.32. The Morgan fingerprint density at radius 3 is 2.22 bits per heavy atom. The Bertz CT molecular complexity index is 2190. The molecular weight excluding hydrogens is 910 g/mol. The number of esters is 1. The molecule has 8 N–H and O–H groups in total. The van der Waals surface area contributed by atoms with E-state index in [1.165, 1.54) is 20.1 Å². The second kappa shape index (κ2) is 24.2. The third-order valence-corrected chi connectivity index (χ3v) is 13.0. The topological polar surface area (TPSA) is 260 Å². The Morgan fingerprint density at radius 2 is 1.62 bits per heavy atom. The molecule has 69 heavy (non-hydrogen) atoms. The number of methoxy groups -OCH3 is 1. The van der Waals surface area contributed by atoms with Gasteiger partial charge in [-0.25, -0.2) is 9.59 Å². The van der Waals surface area contributed by atoms with Crippen LogP contribution in [0.15, 0.2) is 54.6 Å². The first-order valence-electron chi connectivity index (χ1n) is 23.4. The smallest absolute Gasteiger partial charge is 0.407 e. The second-order valence-corrected chi connectivity index (χ2v) is 20.6. The molecule has 0 saturated carbocycles. The molecule has 1 saturated heterocycles. The fourth-order valence-corrected chi connectivity index (χ4v) is 7.96. The van der Waals surface area contributed by atoms with Crippen molar-refractivity contribution in [1.29, 1.82) is 0 Å². The number of carbonyl (C=O) groups is 7. The summed E-state index contributed by atoms with van der Waals surface area (Å²) in [6, 6.07) is 7.84. The molecule has 0 spiro atoms. The van der Waals surface area contributed by atoms with E-state index in [1.807, 2.05) is 39.8 Å². The zero-order valence-corrected chi connectivity index (χ0v) is 42.4. The Hall–Kier alpha value is -5.72. The standard InChI is InChI=1S/C50H72ClN7O11/c1-27(2)40(52)45(62)54-29(4)43(60)53-21-22-58(48(65)66)26-31-15-18-33(19-16-31)42-41(69-42)28(3)37-13-12-14-39(59)56-35(24-32-17-20-38(67-11)34(51)23-32)44(61)55-30(5)50(9,10)47(64)57-36(46(63)68-37)25-49(6,7)8/h12,14-20,23,27-30,35-37,40-42H,13,21-22,24-26,52H2,1-11H3,(H,53,60)(H,54,62)(H,55,61)(H,56,59)(H,57,64)(H,65,66)/b14-12+/t28-,29-,30-,35+,36-,37-,40-,41+,42+/m0/s1. The molecule has 2 aliphatic heterocycles. The van der Waals surface area contributed by atoms with Gasteiger partial charge in [0.05, 0.1) is 29.7 Å². The van der Waals surface area contributed by atoms with Crippen molar-refractivity contribution in [2.45, 2.75) is 144 Å². The summed E-state index contributed by atoms with van der Waals surface area (Å²) in [6.45, 7) is 17.9. The third-order valence-electron chi connectivity index (χ3n) is 12.7. The number of nitrogens with one attached hydrogen (secondary N) is 5. The van der Waals surface area contributed by atoms with E-state index in [0.29, 0.717) is 21.9 Å². The number of carboxylic acid groups (broad SMARTS) is 1. The summed E-state index contributed by atoms with van der Waals surface area (Å²) in [5.41, 5.74) is 6.40. The number of epoxide rings is 1. The molecule has 18 nitrogen and oxygen atoms in total. The van der Waals surface area contributed by atoms with Gasteiger partial charge in [0.25, 0.3) is 0 Å². The van der Waals surface area contributed by atoms with Crippen molar-refractivity contribution in [2.24, 2.45) is 28.4 Å². The lowest BCUT2D eigenvalue weighted by Gasteiger charge is -2.35. The van der Waals surface area contributed by atoms with Gasteiger partial charge < -0.3 is 56.5 Å². The number of halogens is 1. The van der Waals surface area contributed by atoms with Crippen LogP contribution in [0.25, 0.3) is 0 Å². The number of nitrogens with zero attached hydrogens (tertiary/aromatic N) is 1. The first-order valence-corrected chi connectivity index (χ1v) is 23.8. The molecule has 0 unspecified atom stereocenters. The van der Waals surface area contributed by atoms with Crippen LogP contribution in [-0.2, 0) is 51.2 Å². The van der Waals surface area contributed by atoms with Crippen molar-refractivity contribution in [3.05, 3.63) is 76.3 Å². The fourth-order valence-electron chi connectivity index (χ4n) is 7.68. The number of hydrogen-bond donors (Lipinski definition) is 7. The van der Waals surface area contributed by atoms with Crippen LogP contribution >= 0.6 is 11.6 Å². The second-order valence-electron chi connectivity index (χ2n) is 20.2. The Balaban J connectivity index is 1.50. The van der Waals surface area contributed by atoms with Gasteiger partial charge in [0, 0.05) is 44.4 Å². The van der Waals surface area contributed by atoms with E-state index in [0.717, 1.165) is 10.5 Å². The minimum Gasteiger partial charge on any atom is -0.495 e. The lowest BCUT2D eigenvalue weighted by atomic mass is 9.82. The average Bonchev–Trinajstić information content (AvgIpc) is 4.07. The molecule has 4 rings (SSSR count). The molecule has 2 heterocycles. The van der Waals surface area contributed by atoms with Crippen LogP contribution in [0.4, 0.5) is 4.79 Å². The van der Waals surface area contributed by atoms with E-state index in [2.05, 4.69) is 26.6 Å². The quantitative estimate of drug-likeness (QED) is 0.0903. The number of nitrogens with two attached hydrogens (primary N) is 1. The summed E-state index contributed by atoms with van der Waals surface area (Å²) >= 11 is 6.40. The van der Waals surface area contributed by atoms with Crippen LogP contribution in [0.5, 0.6) is 5.75 Å². The lowest BCUT2D eigenvalue weighted by Crippen LogP contribution is -2.58. The number of benzene rings is 2. The normalized spacial score (nSPS) is 24.0. The van der Waals surface area contributed by atoms with Gasteiger partial charge >= 0.3 is 12.1 Å². The van der Waals surface area contributed by atoms with Gasteiger partial charge in [0.2, 0.25) is 29.5 Å². The van der Waals surface area contributed by atoms with Gasteiger partial charge in [-0.3, -0.25) is 24.0 Å². The average molecular weight is 983 g/mol. The van der Waals surface area contributed by atoms with Gasteiger partial charge in [0.1, 0.15) is 36.1 Å². The molecule has 2 aromatic rings. The van der Waals surface area contributed by atoms with E-state index < -0.39 is 101 Å². The van der Waals surface area contributed by atoms with Gasteiger partial charge in [-0.05, 0) is 80.3 Å². The summed E-state index contributed by atoms with van der Waals surface area (Å²) in [5.74, 6) is -3.21.